The zero-order valence-corrected chi connectivity index (χ0v) is 12.8. The molecule has 1 amide bonds. The van der Waals surface area contributed by atoms with Crippen LogP contribution in [0.1, 0.15) is 19.3 Å². The van der Waals surface area contributed by atoms with E-state index in [0.29, 0.717) is 12.6 Å². The third kappa shape index (κ3) is 2.86. The van der Waals surface area contributed by atoms with Crippen LogP contribution in [0.4, 0.5) is 5.69 Å². The Hall–Kier alpha value is -0.820. The lowest BCUT2D eigenvalue weighted by atomic mass is 10.1. The predicted molar refractivity (Wildman–Crippen MR) is 80.6 cm³/mol. The molecule has 2 aliphatic heterocycles. The fourth-order valence-electron chi connectivity index (χ4n) is 2.57. The maximum atomic E-state index is 12.0. The molecule has 1 atom stereocenters. The third-order valence-corrected chi connectivity index (χ3v) is 4.23. The topological polar surface area (TPSA) is 38.8 Å². The van der Waals surface area contributed by atoms with Crippen molar-refractivity contribution in [1.29, 1.82) is 0 Å². The number of amides is 1. The summed E-state index contributed by atoms with van der Waals surface area (Å²) in [6, 6.07) is 5.94. The highest BCUT2D eigenvalue weighted by Crippen LogP contribution is 2.33. The van der Waals surface area contributed by atoms with E-state index in [9.17, 15) is 4.79 Å². The summed E-state index contributed by atoms with van der Waals surface area (Å²) >= 11 is 2.25. The van der Waals surface area contributed by atoms with Gasteiger partial charge in [0.25, 0.3) is 5.91 Å². The second kappa shape index (κ2) is 5.66. The number of rotatable bonds is 3. The molecule has 102 valence electrons. The van der Waals surface area contributed by atoms with Crippen molar-refractivity contribution < 1.29 is 14.3 Å². The SMILES string of the molecule is O=C1COc2cc(I)ccc2N1CCC1CCCO1. The second-order valence-electron chi connectivity index (χ2n) is 4.87. The van der Waals surface area contributed by atoms with Crippen LogP contribution >= 0.6 is 22.6 Å². The maximum absolute atomic E-state index is 12.0. The quantitative estimate of drug-likeness (QED) is 0.765. The summed E-state index contributed by atoms with van der Waals surface area (Å²) in [5.41, 5.74) is 0.884. The Kier molecular flexibility index (Phi) is 3.93. The summed E-state index contributed by atoms with van der Waals surface area (Å²) < 4.78 is 12.2. The van der Waals surface area contributed by atoms with E-state index in [1.165, 1.54) is 0 Å². The van der Waals surface area contributed by atoms with E-state index in [-0.39, 0.29) is 12.5 Å². The fraction of sp³-hybridized carbons (Fsp3) is 0.500. The minimum absolute atomic E-state index is 0.0340. The van der Waals surface area contributed by atoms with E-state index in [1.54, 1.807) is 0 Å². The zero-order chi connectivity index (χ0) is 13.2. The number of halogens is 1. The van der Waals surface area contributed by atoms with Crippen LogP contribution in [0.5, 0.6) is 5.75 Å². The van der Waals surface area contributed by atoms with Crippen LogP contribution < -0.4 is 9.64 Å². The first-order valence-corrected chi connectivity index (χ1v) is 7.66. The van der Waals surface area contributed by atoms with E-state index in [4.69, 9.17) is 9.47 Å². The van der Waals surface area contributed by atoms with Crippen LogP contribution in [0.15, 0.2) is 18.2 Å². The first kappa shape index (κ1) is 13.2. The molecule has 0 spiro atoms. The Labute approximate surface area is 126 Å². The standard InChI is InChI=1S/C14H16INO3/c15-10-3-4-12-13(8-10)19-9-14(17)16(12)6-5-11-2-1-7-18-11/h3-4,8,11H,1-2,5-7,9H2. The van der Waals surface area contributed by atoms with Crippen molar-refractivity contribution in [3.63, 3.8) is 0 Å². The minimum Gasteiger partial charge on any atom is -0.482 e. The Bertz CT molecular complexity index is 486. The highest BCUT2D eigenvalue weighted by atomic mass is 127. The van der Waals surface area contributed by atoms with Crippen molar-refractivity contribution in [2.24, 2.45) is 0 Å². The maximum Gasteiger partial charge on any atom is 0.265 e. The van der Waals surface area contributed by atoms with Gasteiger partial charge in [-0.2, -0.15) is 0 Å². The molecule has 0 radical (unpaired) electrons. The number of carbonyl (C=O) groups is 1. The average molecular weight is 373 g/mol. The molecule has 0 aliphatic carbocycles. The Morgan fingerprint density at radius 3 is 3.11 bits per heavy atom. The van der Waals surface area contributed by atoms with Crippen molar-refractivity contribution in [1.82, 2.24) is 0 Å². The first-order valence-electron chi connectivity index (χ1n) is 6.58. The molecule has 1 aromatic carbocycles. The van der Waals surface area contributed by atoms with Gasteiger partial charge >= 0.3 is 0 Å². The fourth-order valence-corrected chi connectivity index (χ4v) is 3.03. The van der Waals surface area contributed by atoms with Gasteiger partial charge in [-0.1, -0.05) is 0 Å². The van der Waals surface area contributed by atoms with Crippen LogP contribution in [-0.4, -0.2) is 31.8 Å². The normalized spacial score (nSPS) is 22.3. The minimum atomic E-state index is 0.0340. The van der Waals surface area contributed by atoms with Gasteiger partial charge in [-0.25, -0.2) is 0 Å². The van der Waals surface area contributed by atoms with Gasteiger partial charge < -0.3 is 14.4 Å². The van der Waals surface area contributed by atoms with Gasteiger partial charge in [-0.15, -0.1) is 0 Å². The molecule has 2 aliphatic rings. The van der Waals surface area contributed by atoms with Crippen LogP contribution in [0, 0.1) is 3.57 Å². The third-order valence-electron chi connectivity index (χ3n) is 3.56. The highest BCUT2D eigenvalue weighted by molar-refractivity contribution is 14.1. The predicted octanol–water partition coefficient (Wildman–Crippen LogP) is 2.59. The zero-order valence-electron chi connectivity index (χ0n) is 10.6. The molecule has 19 heavy (non-hydrogen) atoms. The van der Waals surface area contributed by atoms with Gasteiger partial charge in [-0.3, -0.25) is 4.79 Å². The molecule has 2 heterocycles. The summed E-state index contributed by atoms with van der Waals surface area (Å²) in [4.78, 5) is 13.8. The monoisotopic (exact) mass is 373 g/mol. The summed E-state index contributed by atoms with van der Waals surface area (Å²) in [7, 11) is 0. The summed E-state index contributed by atoms with van der Waals surface area (Å²) in [6.45, 7) is 1.70. The average Bonchev–Trinajstić information content (AvgIpc) is 2.91. The van der Waals surface area contributed by atoms with Crippen LogP contribution in [0.2, 0.25) is 0 Å². The van der Waals surface area contributed by atoms with Crippen LogP contribution in [0.3, 0.4) is 0 Å². The summed E-state index contributed by atoms with van der Waals surface area (Å²) in [5.74, 6) is 0.838. The molecule has 3 rings (SSSR count). The number of fused-ring (bicyclic) bond motifs is 1. The van der Waals surface area contributed by atoms with Gasteiger partial charge in [0, 0.05) is 16.7 Å². The lowest BCUT2D eigenvalue weighted by Crippen LogP contribution is -2.40. The number of hydrogen-bond donors (Lipinski definition) is 0. The molecule has 0 aromatic heterocycles. The molecular weight excluding hydrogens is 357 g/mol. The van der Waals surface area contributed by atoms with Crippen molar-refractivity contribution in [3.8, 4) is 5.75 Å². The van der Waals surface area contributed by atoms with Crippen molar-refractivity contribution in [2.75, 3.05) is 24.7 Å². The number of carbonyl (C=O) groups excluding carboxylic acids is 1. The van der Waals surface area contributed by atoms with Crippen LogP contribution in [-0.2, 0) is 9.53 Å². The van der Waals surface area contributed by atoms with E-state index in [2.05, 4.69) is 22.6 Å². The molecule has 0 N–H and O–H groups in total. The lowest BCUT2D eigenvalue weighted by molar-refractivity contribution is -0.121. The lowest BCUT2D eigenvalue weighted by Gasteiger charge is -2.30. The van der Waals surface area contributed by atoms with Gasteiger partial charge in [0.05, 0.1) is 11.8 Å². The van der Waals surface area contributed by atoms with Crippen molar-refractivity contribution in [2.45, 2.75) is 25.4 Å². The van der Waals surface area contributed by atoms with E-state index in [1.807, 2.05) is 23.1 Å². The summed E-state index contributed by atoms with van der Waals surface area (Å²) in [5, 5.41) is 0. The van der Waals surface area contributed by atoms with E-state index < -0.39 is 0 Å². The first-order chi connectivity index (χ1) is 9.24. The Morgan fingerprint density at radius 2 is 2.32 bits per heavy atom. The molecule has 0 bridgehead atoms. The second-order valence-corrected chi connectivity index (χ2v) is 6.12. The number of hydrogen-bond acceptors (Lipinski definition) is 3. The van der Waals surface area contributed by atoms with Gasteiger partial charge in [0.15, 0.2) is 6.61 Å². The van der Waals surface area contributed by atoms with Gasteiger partial charge in [-0.05, 0) is 60.1 Å². The molecular formula is C14H16INO3. The number of benzene rings is 1. The molecule has 1 fully saturated rings. The smallest absolute Gasteiger partial charge is 0.265 e. The molecule has 1 aromatic rings. The molecule has 0 saturated carbocycles. The Balaban J connectivity index is 1.74. The number of ether oxygens (including phenoxy) is 2. The van der Waals surface area contributed by atoms with Crippen molar-refractivity contribution in [3.05, 3.63) is 21.8 Å². The molecule has 1 unspecified atom stereocenters. The number of nitrogens with zero attached hydrogens (tertiary/aromatic N) is 1. The van der Waals surface area contributed by atoms with Gasteiger partial charge in [0.2, 0.25) is 0 Å². The summed E-state index contributed by atoms with van der Waals surface area (Å²) in [6.07, 6.45) is 3.45. The highest BCUT2D eigenvalue weighted by Gasteiger charge is 2.26. The molecule has 4 nitrogen and oxygen atoms in total. The van der Waals surface area contributed by atoms with E-state index in [0.717, 1.165) is 40.9 Å². The van der Waals surface area contributed by atoms with Gasteiger partial charge in [0.1, 0.15) is 5.75 Å². The molecule has 5 heteroatoms. The molecule has 1 saturated heterocycles. The Morgan fingerprint density at radius 1 is 1.42 bits per heavy atom. The van der Waals surface area contributed by atoms with Crippen LogP contribution in [0.25, 0.3) is 0 Å². The number of anilines is 1. The van der Waals surface area contributed by atoms with Crippen molar-refractivity contribution >= 4 is 34.2 Å². The largest absolute Gasteiger partial charge is 0.482 e. The van der Waals surface area contributed by atoms with E-state index >= 15 is 0 Å².